The van der Waals surface area contributed by atoms with E-state index in [2.05, 4.69) is 81.3 Å². The molecule has 10 heteroatoms. The zero-order valence-corrected chi connectivity index (χ0v) is 25.4. The molecule has 2 N–H and O–H groups in total. The summed E-state index contributed by atoms with van der Waals surface area (Å²) in [6, 6.07) is 22.8. The molecule has 1 fully saturated rings. The standard InChI is InChI=1S/C28H40N4O3SSi.ClH/c1-23(21-31-18-17-27(30-31)36(33,34)32-19-15-24(29)16-20-32)22-35-37(28(2,3)4,25-11-7-5-8-12-25)26-13-9-6-10-14-26;/h5-14,17-18,23-24H,15-16,19-22,29H2,1-4H3;1H. The molecule has 2 aromatic carbocycles. The Bertz CT molecular complexity index is 1220. The molecule has 0 amide bonds. The van der Waals surface area contributed by atoms with Crippen LogP contribution >= 0.6 is 12.4 Å². The largest absolute Gasteiger partial charge is 0.407 e. The number of piperidine rings is 1. The maximum absolute atomic E-state index is 13.1. The molecule has 0 radical (unpaired) electrons. The van der Waals surface area contributed by atoms with Crippen molar-refractivity contribution in [1.29, 1.82) is 0 Å². The van der Waals surface area contributed by atoms with Gasteiger partial charge >= 0.3 is 0 Å². The van der Waals surface area contributed by atoms with Crippen molar-refractivity contribution >= 4 is 41.1 Å². The minimum atomic E-state index is -3.61. The quantitative estimate of drug-likeness (QED) is 0.393. The summed E-state index contributed by atoms with van der Waals surface area (Å²) in [6.45, 7) is 10.9. The number of nitrogens with zero attached hydrogens (tertiary/aromatic N) is 3. The number of benzene rings is 2. The minimum absolute atomic E-state index is 0. The van der Waals surface area contributed by atoms with Crippen LogP contribution in [0.2, 0.25) is 5.04 Å². The fourth-order valence-electron chi connectivity index (χ4n) is 5.23. The summed E-state index contributed by atoms with van der Waals surface area (Å²) in [4.78, 5) is 0. The molecule has 1 saturated heterocycles. The van der Waals surface area contributed by atoms with E-state index in [0.717, 1.165) is 0 Å². The Morgan fingerprint density at radius 3 is 2.03 bits per heavy atom. The molecule has 208 valence electrons. The third-order valence-corrected chi connectivity index (χ3v) is 14.0. The predicted molar refractivity (Wildman–Crippen MR) is 158 cm³/mol. The Balaban J connectivity index is 0.00000400. The fraction of sp³-hybridized carbons (Fsp3) is 0.464. The van der Waals surface area contributed by atoms with Gasteiger partial charge in [0, 0.05) is 38.5 Å². The van der Waals surface area contributed by atoms with Crippen LogP contribution in [0.15, 0.2) is 78.0 Å². The van der Waals surface area contributed by atoms with Crippen LogP contribution in [0.1, 0.15) is 40.5 Å². The summed E-state index contributed by atoms with van der Waals surface area (Å²) in [5.74, 6) is 0.130. The molecule has 38 heavy (non-hydrogen) atoms. The van der Waals surface area contributed by atoms with Crippen molar-refractivity contribution in [1.82, 2.24) is 14.1 Å². The highest BCUT2D eigenvalue weighted by Crippen LogP contribution is 2.37. The van der Waals surface area contributed by atoms with Gasteiger partial charge in [0.2, 0.25) is 0 Å². The molecule has 4 rings (SSSR count). The lowest BCUT2D eigenvalue weighted by atomic mass is 10.1. The zero-order chi connectivity index (χ0) is 26.7. The summed E-state index contributed by atoms with van der Waals surface area (Å²) in [6.07, 6.45) is 3.11. The third kappa shape index (κ3) is 6.40. The summed E-state index contributed by atoms with van der Waals surface area (Å²) in [5, 5.41) is 6.93. The molecule has 0 bridgehead atoms. The first kappa shape index (κ1) is 30.5. The van der Waals surface area contributed by atoms with E-state index in [1.54, 1.807) is 16.9 Å². The van der Waals surface area contributed by atoms with Gasteiger partial charge in [0.25, 0.3) is 18.3 Å². The van der Waals surface area contributed by atoms with E-state index in [0.29, 0.717) is 39.1 Å². The van der Waals surface area contributed by atoms with Gasteiger partial charge in [0.15, 0.2) is 5.03 Å². The fourth-order valence-corrected chi connectivity index (χ4v) is 11.3. The van der Waals surface area contributed by atoms with E-state index in [-0.39, 0.29) is 34.4 Å². The second-order valence-electron chi connectivity index (χ2n) is 11.2. The van der Waals surface area contributed by atoms with Crippen LogP contribution in [0.25, 0.3) is 0 Å². The van der Waals surface area contributed by atoms with Crippen LogP contribution in [0.5, 0.6) is 0 Å². The van der Waals surface area contributed by atoms with Gasteiger partial charge in [0.1, 0.15) is 0 Å². The summed E-state index contributed by atoms with van der Waals surface area (Å²) >= 11 is 0. The van der Waals surface area contributed by atoms with Crippen LogP contribution in [-0.4, -0.2) is 56.6 Å². The van der Waals surface area contributed by atoms with E-state index in [1.165, 1.54) is 14.7 Å². The molecule has 1 unspecified atom stereocenters. The van der Waals surface area contributed by atoms with Crippen LogP contribution in [0.3, 0.4) is 0 Å². The third-order valence-electron chi connectivity index (χ3n) is 7.22. The van der Waals surface area contributed by atoms with Gasteiger partial charge in [-0.3, -0.25) is 4.68 Å². The molecule has 2 heterocycles. The highest BCUT2D eigenvalue weighted by Gasteiger charge is 2.50. The van der Waals surface area contributed by atoms with Crippen LogP contribution in [0.4, 0.5) is 0 Å². The average molecular weight is 577 g/mol. The summed E-state index contributed by atoms with van der Waals surface area (Å²) in [7, 11) is -6.23. The summed E-state index contributed by atoms with van der Waals surface area (Å²) < 4.78 is 36.4. The van der Waals surface area contributed by atoms with E-state index >= 15 is 0 Å². The molecule has 0 aliphatic carbocycles. The molecule has 1 aliphatic rings. The number of nitrogens with two attached hydrogens (primary N) is 1. The predicted octanol–water partition coefficient (Wildman–Crippen LogP) is 3.63. The van der Waals surface area contributed by atoms with Crippen molar-refractivity contribution in [3.8, 4) is 0 Å². The lowest BCUT2D eigenvalue weighted by molar-refractivity contribution is 0.226. The van der Waals surface area contributed by atoms with Crippen molar-refractivity contribution in [2.45, 2.75) is 63.2 Å². The normalized spacial score (nSPS) is 16.7. The zero-order valence-electron chi connectivity index (χ0n) is 22.8. The molecule has 7 nitrogen and oxygen atoms in total. The lowest BCUT2D eigenvalue weighted by Crippen LogP contribution is -2.66. The molecular formula is C28H41ClN4O3SSi. The highest BCUT2D eigenvalue weighted by molar-refractivity contribution is 7.89. The summed E-state index contributed by atoms with van der Waals surface area (Å²) in [5.41, 5.74) is 5.95. The molecule has 3 aromatic rings. The maximum Gasteiger partial charge on any atom is 0.262 e. The number of rotatable bonds is 9. The first-order chi connectivity index (χ1) is 17.5. The van der Waals surface area contributed by atoms with Gasteiger partial charge in [-0.2, -0.15) is 9.40 Å². The van der Waals surface area contributed by atoms with E-state index < -0.39 is 18.3 Å². The van der Waals surface area contributed by atoms with Gasteiger partial charge in [0.05, 0.1) is 0 Å². The SMILES string of the molecule is CC(CO[Si](c1ccccc1)(c1ccccc1)C(C)(C)C)Cn1ccc(S(=O)(=O)N2CCC(N)CC2)n1.Cl. The van der Waals surface area contributed by atoms with Crippen molar-refractivity contribution < 1.29 is 12.8 Å². The van der Waals surface area contributed by atoms with Crippen molar-refractivity contribution in [3.05, 3.63) is 72.9 Å². The van der Waals surface area contributed by atoms with Crippen molar-refractivity contribution in [3.63, 3.8) is 0 Å². The second kappa shape index (κ2) is 12.4. The molecule has 0 spiro atoms. The average Bonchev–Trinajstić information content (AvgIpc) is 3.34. The van der Waals surface area contributed by atoms with Gasteiger partial charge in [-0.25, -0.2) is 8.42 Å². The Hall–Kier alpha value is -2.01. The first-order valence-corrected chi connectivity index (χ1v) is 16.4. The van der Waals surface area contributed by atoms with Crippen molar-refractivity contribution in [2.75, 3.05) is 19.7 Å². The van der Waals surface area contributed by atoms with Crippen LogP contribution in [-0.2, 0) is 21.0 Å². The Labute approximate surface area is 235 Å². The topological polar surface area (TPSA) is 90.5 Å². The van der Waals surface area contributed by atoms with Crippen LogP contribution in [0, 0.1) is 5.92 Å². The minimum Gasteiger partial charge on any atom is -0.407 e. The van der Waals surface area contributed by atoms with Gasteiger partial charge < -0.3 is 10.2 Å². The smallest absolute Gasteiger partial charge is 0.262 e. The number of hydrogen-bond acceptors (Lipinski definition) is 5. The van der Waals surface area contributed by atoms with E-state index in [1.807, 2.05) is 12.1 Å². The Morgan fingerprint density at radius 1 is 1.00 bits per heavy atom. The van der Waals surface area contributed by atoms with Gasteiger partial charge in [-0.15, -0.1) is 12.4 Å². The number of halogens is 1. The van der Waals surface area contributed by atoms with Gasteiger partial charge in [-0.1, -0.05) is 88.4 Å². The molecule has 1 atom stereocenters. The lowest BCUT2D eigenvalue weighted by Gasteiger charge is -2.43. The second-order valence-corrected chi connectivity index (χ2v) is 17.4. The number of hydrogen-bond donors (Lipinski definition) is 1. The Kier molecular flexibility index (Phi) is 10.00. The number of aromatic nitrogens is 2. The highest BCUT2D eigenvalue weighted by atomic mass is 35.5. The molecule has 0 saturated carbocycles. The molecule has 1 aliphatic heterocycles. The first-order valence-electron chi connectivity index (χ1n) is 13.1. The van der Waals surface area contributed by atoms with Crippen molar-refractivity contribution in [2.24, 2.45) is 11.7 Å². The monoisotopic (exact) mass is 576 g/mol. The van der Waals surface area contributed by atoms with Gasteiger partial charge in [-0.05, 0) is 40.2 Å². The van der Waals surface area contributed by atoms with Crippen LogP contribution < -0.4 is 16.1 Å². The Morgan fingerprint density at radius 2 is 1.53 bits per heavy atom. The number of sulfonamides is 1. The van der Waals surface area contributed by atoms with E-state index in [9.17, 15) is 8.42 Å². The molecular weight excluding hydrogens is 536 g/mol. The maximum atomic E-state index is 13.1. The molecule has 1 aromatic heterocycles. The van der Waals surface area contributed by atoms with E-state index in [4.69, 9.17) is 10.2 Å².